The number of nitrogens with zero attached hydrogens (tertiary/aromatic N) is 3. The van der Waals surface area contributed by atoms with Crippen LogP contribution in [0.15, 0.2) is 6.33 Å². The largest absolute Gasteiger partial charge is 0.481 e. The lowest BCUT2D eigenvalue weighted by atomic mass is 10.1. The Bertz CT molecular complexity index is 477. The molecule has 0 aromatic carbocycles. The van der Waals surface area contributed by atoms with Crippen LogP contribution in [0.3, 0.4) is 0 Å². The Morgan fingerprint density at radius 2 is 2.37 bits per heavy atom. The van der Waals surface area contributed by atoms with E-state index in [2.05, 4.69) is 20.2 Å². The molecule has 102 valence electrons. The molecule has 6 nitrogen and oxygen atoms in total. The molecule has 0 unspecified atom stereocenters. The number of carbonyl (C=O) groups excluding carboxylic acids is 1. The van der Waals surface area contributed by atoms with Gasteiger partial charge in [0, 0.05) is 44.1 Å². The molecule has 0 aliphatic carbocycles. The number of hydrogen-bond acceptors (Lipinski definition) is 5. The van der Waals surface area contributed by atoms with Gasteiger partial charge in [0.05, 0.1) is 12.8 Å². The van der Waals surface area contributed by atoms with E-state index in [1.807, 2.05) is 0 Å². The maximum absolute atomic E-state index is 11.2. The normalized spacial score (nSPS) is 23.0. The van der Waals surface area contributed by atoms with Crippen LogP contribution in [0.5, 0.6) is 5.88 Å². The summed E-state index contributed by atoms with van der Waals surface area (Å²) < 4.78 is 5.30. The molecule has 1 N–H and O–H groups in total. The number of methoxy groups -OCH3 is 1. The van der Waals surface area contributed by atoms with Crippen LogP contribution < -0.4 is 10.1 Å². The lowest BCUT2D eigenvalue weighted by Gasteiger charge is -2.30. The van der Waals surface area contributed by atoms with Crippen molar-refractivity contribution in [2.24, 2.45) is 0 Å². The number of carbonyl (C=O) groups is 1. The summed E-state index contributed by atoms with van der Waals surface area (Å²) in [4.78, 5) is 22.0. The van der Waals surface area contributed by atoms with Gasteiger partial charge in [-0.05, 0) is 6.42 Å². The highest BCUT2D eigenvalue weighted by molar-refractivity contribution is 5.78. The summed E-state index contributed by atoms with van der Waals surface area (Å²) in [6, 6.07) is 0.282. The average Bonchev–Trinajstić information content (AvgIpc) is 2.83. The quantitative estimate of drug-likeness (QED) is 0.838. The third kappa shape index (κ3) is 2.53. The average molecular weight is 262 g/mol. The van der Waals surface area contributed by atoms with Crippen LogP contribution in [0.1, 0.15) is 24.1 Å². The van der Waals surface area contributed by atoms with E-state index in [4.69, 9.17) is 4.74 Å². The Hall–Kier alpha value is -1.69. The van der Waals surface area contributed by atoms with Crippen LogP contribution in [0.25, 0.3) is 0 Å². The minimum Gasteiger partial charge on any atom is -0.481 e. The minimum absolute atomic E-state index is 0.170. The second-order valence-electron chi connectivity index (χ2n) is 5.10. The van der Waals surface area contributed by atoms with Gasteiger partial charge >= 0.3 is 0 Å². The van der Waals surface area contributed by atoms with Crippen LogP contribution >= 0.6 is 0 Å². The fourth-order valence-electron chi connectivity index (χ4n) is 2.83. The summed E-state index contributed by atoms with van der Waals surface area (Å²) in [6.45, 7) is 2.66. The lowest BCUT2D eigenvalue weighted by Crippen LogP contribution is -2.41. The zero-order chi connectivity index (χ0) is 13.2. The van der Waals surface area contributed by atoms with Gasteiger partial charge < -0.3 is 10.1 Å². The molecule has 6 heteroatoms. The molecule has 0 bridgehead atoms. The zero-order valence-corrected chi connectivity index (χ0v) is 11.1. The molecule has 1 saturated heterocycles. The number of rotatable bonds is 3. The van der Waals surface area contributed by atoms with Crippen molar-refractivity contribution in [2.75, 3.05) is 20.2 Å². The molecule has 1 fully saturated rings. The molecule has 0 saturated carbocycles. The lowest BCUT2D eigenvalue weighted by molar-refractivity contribution is -0.119. The zero-order valence-electron chi connectivity index (χ0n) is 11.1. The summed E-state index contributed by atoms with van der Waals surface area (Å²) in [6.07, 6.45) is 4.06. The van der Waals surface area contributed by atoms with Gasteiger partial charge in [-0.2, -0.15) is 0 Å². The predicted molar refractivity (Wildman–Crippen MR) is 68.7 cm³/mol. The Balaban J connectivity index is 1.69. The maximum Gasteiger partial charge on any atom is 0.220 e. The number of aromatic nitrogens is 2. The number of nitrogens with one attached hydrogen (secondary N) is 1. The number of hydrogen-bond donors (Lipinski definition) is 1. The number of fused-ring (bicyclic) bond motifs is 1. The van der Waals surface area contributed by atoms with E-state index in [0.29, 0.717) is 12.3 Å². The van der Waals surface area contributed by atoms with Crippen LogP contribution in [0, 0.1) is 0 Å². The maximum atomic E-state index is 11.2. The number of amides is 1. The molecular formula is C13H18N4O2. The van der Waals surface area contributed by atoms with E-state index < -0.39 is 0 Å². The molecular weight excluding hydrogens is 244 g/mol. The number of ether oxygens (including phenoxy) is 1. The predicted octanol–water partition coefficient (Wildman–Crippen LogP) is 0.122. The molecule has 19 heavy (non-hydrogen) atoms. The van der Waals surface area contributed by atoms with Crippen molar-refractivity contribution >= 4 is 5.91 Å². The first kappa shape index (κ1) is 12.3. The third-order valence-corrected chi connectivity index (χ3v) is 3.80. The van der Waals surface area contributed by atoms with Gasteiger partial charge in [0.15, 0.2) is 0 Å². The molecule has 1 aromatic rings. The minimum atomic E-state index is 0.170. The second-order valence-corrected chi connectivity index (χ2v) is 5.10. The van der Waals surface area contributed by atoms with E-state index >= 15 is 0 Å². The molecule has 1 amide bonds. The first-order valence-corrected chi connectivity index (χ1v) is 6.64. The molecule has 3 rings (SSSR count). The Kier molecular flexibility index (Phi) is 3.33. The van der Waals surface area contributed by atoms with Crippen molar-refractivity contribution in [3.63, 3.8) is 0 Å². The summed E-state index contributed by atoms with van der Waals surface area (Å²) in [5.74, 6) is 0.841. The fraction of sp³-hybridized carbons (Fsp3) is 0.615. The van der Waals surface area contributed by atoms with Gasteiger partial charge in [-0.3, -0.25) is 9.69 Å². The van der Waals surface area contributed by atoms with Crippen molar-refractivity contribution in [1.29, 1.82) is 0 Å². The van der Waals surface area contributed by atoms with Gasteiger partial charge in [-0.1, -0.05) is 0 Å². The second kappa shape index (κ2) is 5.13. The fourth-order valence-corrected chi connectivity index (χ4v) is 2.83. The van der Waals surface area contributed by atoms with Gasteiger partial charge in [0.2, 0.25) is 11.8 Å². The Labute approximate surface area is 112 Å². The van der Waals surface area contributed by atoms with E-state index in [9.17, 15) is 4.79 Å². The summed E-state index contributed by atoms with van der Waals surface area (Å²) in [5, 5.41) is 3.01. The summed E-state index contributed by atoms with van der Waals surface area (Å²) in [7, 11) is 1.64. The summed E-state index contributed by atoms with van der Waals surface area (Å²) >= 11 is 0. The molecule has 2 aliphatic rings. The molecule has 1 atom stereocenters. The highest BCUT2D eigenvalue weighted by atomic mass is 16.5. The highest BCUT2D eigenvalue weighted by Gasteiger charge is 2.26. The van der Waals surface area contributed by atoms with E-state index in [0.717, 1.165) is 43.7 Å². The van der Waals surface area contributed by atoms with Crippen molar-refractivity contribution in [3.05, 3.63) is 17.6 Å². The monoisotopic (exact) mass is 262 g/mol. The third-order valence-electron chi connectivity index (χ3n) is 3.80. The van der Waals surface area contributed by atoms with Crippen molar-refractivity contribution in [3.8, 4) is 5.88 Å². The first-order chi connectivity index (χ1) is 9.26. The van der Waals surface area contributed by atoms with E-state index in [1.54, 1.807) is 13.4 Å². The van der Waals surface area contributed by atoms with E-state index in [1.165, 1.54) is 0 Å². The van der Waals surface area contributed by atoms with Crippen LogP contribution in [0.4, 0.5) is 0 Å². The van der Waals surface area contributed by atoms with Gasteiger partial charge in [-0.25, -0.2) is 9.97 Å². The SMILES string of the molecule is COc1ncnc2c1CN(C[C@@H]1CCC(=O)N1)CC2. The van der Waals surface area contributed by atoms with Crippen LogP contribution in [-0.2, 0) is 17.8 Å². The van der Waals surface area contributed by atoms with Gasteiger partial charge in [0.25, 0.3) is 0 Å². The van der Waals surface area contributed by atoms with Crippen LogP contribution in [-0.4, -0.2) is 47.0 Å². The van der Waals surface area contributed by atoms with E-state index in [-0.39, 0.29) is 11.9 Å². The molecule has 3 heterocycles. The Morgan fingerprint density at radius 1 is 1.47 bits per heavy atom. The van der Waals surface area contributed by atoms with Crippen LogP contribution in [0.2, 0.25) is 0 Å². The van der Waals surface area contributed by atoms with Gasteiger partial charge in [-0.15, -0.1) is 0 Å². The first-order valence-electron chi connectivity index (χ1n) is 6.64. The molecule has 2 aliphatic heterocycles. The molecule has 0 spiro atoms. The Morgan fingerprint density at radius 3 is 3.11 bits per heavy atom. The summed E-state index contributed by atoms with van der Waals surface area (Å²) in [5.41, 5.74) is 2.17. The van der Waals surface area contributed by atoms with Crippen molar-refractivity contribution in [2.45, 2.75) is 31.8 Å². The smallest absolute Gasteiger partial charge is 0.220 e. The van der Waals surface area contributed by atoms with Gasteiger partial charge in [0.1, 0.15) is 6.33 Å². The van der Waals surface area contributed by atoms with Crippen molar-refractivity contribution < 1.29 is 9.53 Å². The standard InChI is InChI=1S/C13H18N4O2/c1-19-13-10-7-17(5-4-11(10)14-8-15-13)6-9-2-3-12(18)16-9/h8-9H,2-7H2,1H3,(H,16,18)/t9-/m0/s1. The van der Waals surface area contributed by atoms with Crippen molar-refractivity contribution in [1.82, 2.24) is 20.2 Å². The topological polar surface area (TPSA) is 67.4 Å². The highest BCUT2D eigenvalue weighted by Crippen LogP contribution is 2.24. The molecule has 1 aromatic heterocycles. The molecule has 0 radical (unpaired) electrons.